The van der Waals surface area contributed by atoms with Crippen LogP contribution in [0.1, 0.15) is 54.4 Å². The summed E-state index contributed by atoms with van der Waals surface area (Å²) in [4.78, 5) is 24.9. The number of carbonyl (C=O) groups is 2. The van der Waals surface area contributed by atoms with Crippen LogP contribution in [0.3, 0.4) is 0 Å². The minimum atomic E-state index is -0.832. The fraction of sp³-hybridized carbons (Fsp3) is 0.450. The van der Waals surface area contributed by atoms with Crippen LogP contribution in [0, 0.1) is 13.8 Å². The fourth-order valence-electron chi connectivity index (χ4n) is 3.42. The standard InChI is InChI=1S/C20H25N3O3/c1-13-18(14(2)23(22-13)17-11-5-4-6-12-17)20(25)26-15(3)19(24)21-16-9-7-8-10-16/h4-6,11-12,15-16H,7-10H2,1-3H3,(H,21,24). The third kappa shape index (κ3) is 3.79. The van der Waals surface area contributed by atoms with Gasteiger partial charge in [0.25, 0.3) is 5.91 Å². The number of nitrogens with zero attached hydrogens (tertiary/aromatic N) is 2. The molecule has 1 N–H and O–H groups in total. The number of hydrogen-bond donors (Lipinski definition) is 1. The minimum absolute atomic E-state index is 0.202. The van der Waals surface area contributed by atoms with Crippen molar-refractivity contribution in [1.82, 2.24) is 15.1 Å². The Morgan fingerprint density at radius 3 is 2.50 bits per heavy atom. The Hall–Kier alpha value is -2.63. The summed E-state index contributed by atoms with van der Waals surface area (Å²) in [6, 6.07) is 9.80. The molecule has 6 heteroatoms. The molecule has 26 heavy (non-hydrogen) atoms. The number of amides is 1. The molecule has 138 valence electrons. The smallest absolute Gasteiger partial charge is 0.342 e. The van der Waals surface area contributed by atoms with Crippen LogP contribution in [-0.2, 0) is 9.53 Å². The number of para-hydroxylation sites is 1. The van der Waals surface area contributed by atoms with Crippen LogP contribution in [-0.4, -0.2) is 33.8 Å². The molecule has 1 aromatic carbocycles. The van der Waals surface area contributed by atoms with Gasteiger partial charge in [-0.25, -0.2) is 9.48 Å². The van der Waals surface area contributed by atoms with Gasteiger partial charge in [-0.05, 0) is 45.7 Å². The molecular formula is C20H25N3O3. The Morgan fingerprint density at radius 1 is 1.19 bits per heavy atom. The average molecular weight is 355 g/mol. The number of aryl methyl sites for hydroxylation is 1. The van der Waals surface area contributed by atoms with Crippen LogP contribution in [0.2, 0.25) is 0 Å². The van der Waals surface area contributed by atoms with Crippen LogP contribution in [0.15, 0.2) is 30.3 Å². The van der Waals surface area contributed by atoms with E-state index in [2.05, 4.69) is 10.4 Å². The third-order valence-electron chi connectivity index (χ3n) is 4.85. The minimum Gasteiger partial charge on any atom is -0.449 e. The van der Waals surface area contributed by atoms with E-state index in [1.165, 1.54) is 0 Å². The van der Waals surface area contributed by atoms with Gasteiger partial charge >= 0.3 is 5.97 Å². The van der Waals surface area contributed by atoms with E-state index in [1.54, 1.807) is 18.5 Å². The number of benzene rings is 1. The fourth-order valence-corrected chi connectivity index (χ4v) is 3.42. The Labute approximate surface area is 153 Å². The maximum Gasteiger partial charge on any atom is 0.342 e. The number of rotatable bonds is 5. The molecule has 6 nitrogen and oxygen atoms in total. The van der Waals surface area contributed by atoms with Crippen molar-refractivity contribution in [3.05, 3.63) is 47.3 Å². The second kappa shape index (κ2) is 7.72. The maximum atomic E-state index is 12.6. The van der Waals surface area contributed by atoms with Crippen molar-refractivity contribution in [1.29, 1.82) is 0 Å². The van der Waals surface area contributed by atoms with Crippen molar-refractivity contribution in [2.45, 2.75) is 58.6 Å². The Morgan fingerprint density at radius 2 is 1.85 bits per heavy atom. The molecule has 0 radical (unpaired) electrons. The Kier molecular flexibility index (Phi) is 5.40. The lowest BCUT2D eigenvalue weighted by Crippen LogP contribution is -2.40. The zero-order valence-corrected chi connectivity index (χ0v) is 15.5. The molecule has 1 aliphatic rings. The third-order valence-corrected chi connectivity index (χ3v) is 4.85. The number of ether oxygens (including phenoxy) is 1. The van der Waals surface area contributed by atoms with Gasteiger partial charge in [0.05, 0.1) is 17.1 Å². The van der Waals surface area contributed by atoms with Crippen LogP contribution in [0.25, 0.3) is 5.69 Å². The second-order valence-electron chi connectivity index (χ2n) is 6.83. The van der Waals surface area contributed by atoms with Crippen LogP contribution in [0.4, 0.5) is 0 Å². The van der Waals surface area contributed by atoms with Gasteiger partial charge in [-0.2, -0.15) is 5.10 Å². The van der Waals surface area contributed by atoms with Gasteiger partial charge in [0.15, 0.2) is 6.10 Å². The predicted molar refractivity (Wildman–Crippen MR) is 98.3 cm³/mol. The molecule has 1 atom stereocenters. The number of nitrogens with one attached hydrogen (secondary N) is 1. The first kappa shape index (κ1) is 18.2. The van der Waals surface area contributed by atoms with Crippen LogP contribution in [0.5, 0.6) is 0 Å². The quantitative estimate of drug-likeness (QED) is 0.837. The van der Waals surface area contributed by atoms with Gasteiger partial charge in [-0.3, -0.25) is 4.79 Å². The van der Waals surface area contributed by atoms with Gasteiger partial charge in [0.1, 0.15) is 5.56 Å². The van der Waals surface area contributed by atoms with Crippen LogP contribution >= 0.6 is 0 Å². The van der Waals surface area contributed by atoms with Crippen molar-refractivity contribution < 1.29 is 14.3 Å². The van der Waals surface area contributed by atoms with Crippen molar-refractivity contribution in [2.75, 3.05) is 0 Å². The van der Waals surface area contributed by atoms with E-state index < -0.39 is 12.1 Å². The number of hydrogen-bond acceptors (Lipinski definition) is 4. The van der Waals surface area contributed by atoms with E-state index >= 15 is 0 Å². The maximum absolute atomic E-state index is 12.6. The summed E-state index contributed by atoms with van der Waals surface area (Å²) in [5.74, 6) is -0.757. The summed E-state index contributed by atoms with van der Waals surface area (Å²) in [6.45, 7) is 5.20. The molecular weight excluding hydrogens is 330 g/mol. The first-order valence-corrected chi connectivity index (χ1v) is 9.10. The summed E-state index contributed by atoms with van der Waals surface area (Å²) in [5, 5.41) is 7.41. The number of aromatic nitrogens is 2. The zero-order chi connectivity index (χ0) is 18.7. The lowest BCUT2D eigenvalue weighted by atomic mass is 10.2. The SMILES string of the molecule is Cc1nn(-c2ccccc2)c(C)c1C(=O)OC(C)C(=O)NC1CCCC1. The van der Waals surface area contributed by atoms with E-state index in [0.29, 0.717) is 17.0 Å². The largest absolute Gasteiger partial charge is 0.449 e. The van der Waals surface area contributed by atoms with Crippen molar-refractivity contribution in [2.24, 2.45) is 0 Å². The summed E-state index contributed by atoms with van der Waals surface area (Å²) < 4.78 is 7.13. The lowest BCUT2D eigenvalue weighted by molar-refractivity contribution is -0.129. The summed E-state index contributed by atoms with van der Waals surface area (Å²) in [5.41, 5.74) is 2.57. The molecule has 1 amide bonds. The molecule has 0 aliphatic heterocycles. The highest BCUT2D eigenvalue weighted by atomic mass is 16.5. The van der Waals surface area contributed by atoms with Gasteiger partial charge in [0.2, 0.25) is 0 Å². The van der Waals surface area contributed by atoms with Crippen molar-refractivity contribution in [3.63, 3.8) is 0 Å². The van der Waals surface area contributed by atoms with Gasteiger partial charge in [0, 0.05) is 6.04 Å². The molecule has 2 aromatic rings. The first-order valence-electron chi connectivity index (χ1n) is 9.10. The molecule has 1 aromatic heterocycles. The average Bonchev–Trinajstić information content (AvgIpc) is 3.23. The Bertz CT molecular complexity index is 792. The number of carbonyl (C=O) groups excluding carboxylic acids is 2. The van der Waals surface area contributed by atoms with E-state index in [4.69, 9.17) is 4.74 Å². The normalized spacial score (nSPS) is 15.7. The highest BCUT2D eigenvalue weighted by Crippen LogP contribution is 2.20. The highest BCUT2D eigenvalue weighted by Gasteiger charge is 2.26. The van der Waals surface area contributed by atoms with Gasteiger partial charge in [-0.1, -0.05) is 31.0 Å². The monoisotopic (exact) mass is 355 g/mol. The first-order chi connectivity index (χ1) is 12.5. The molecule has 1 aliphatic carbocycles. The molecule has 1 heterocycles. The molecule has 0 bridgehead atoms. The topological polar surface area (TPSA) is 73.2 Å². The number of esters is 1. The molecule has 1 fully saturated rings. The molecule has 0 saturated heterocycles. The molecule has 3 rings (SSSR count). The zero-order valence-electron chi connectivity index (χ0n) is 15.5. The summed E-state index contributed by atoms with van der Waals surface area (Å²) >= 11 is 0. The van der Waals surface area contributed by atoms with Gasteiger partial charge < -0.3 is 10.1 Å². The molecule has 1 saturated carbocycles. The lowest BCUT2D eigenvalue weighted by Gasteiger charge is -2.17. The predicted octanol–water partition coefficient (Wildman–Crippen LogP) is 3.09. The van der Waals surface area contributed by atoms with Crippen LogP contribution < -0.4 is 5.32 Å². The summed E-state index contributed by atoms with van der Waals surface area (Å²) in [7, 11) is 0. The van der Waals surface area contributed by atoms with E-state index in [0.717, 1.165) is 31.4 Å². The molecule has 0 spiro atoms. The van der Waals surface area contributed by atoms with Crippen molar-refractivity contribution in [3.8, 4) is 5.69 Å². The van der Waals surface area contributed by atoms with Crippen molar-refractivity contribution >= 4 is 11.9 Å². The van der Waals surface area contributed by atoms with Gasteiger partial charge in [-0.15, -0.1) is 0 Å². The Balaban J connectivity index is 1.71. The second-order valence-corrected chi connectivity index (χ2v) is 6.83. The van der Waals surface area contributed by atoms with E-state index in [-0.39, 0.29) is 11.9 Å². The summed E-state index contributed by atoms with van der Waals surface area (Å²) in [6.07, 6.45) is 3.43. The van der Waals surface area contributed by atoms with E-state index in [1.807, 2.05) is 37.3 Å². The van der Waals surface area contributed by atoms with E-state index in [9.17, 15) is 9.59 Å². The molecule has 1 unspecified atom stereocenters. The highest BCUT2D eigenvalue weighted by molar-refractivity contribution is 5.94.